The number of hydrogen-bond acceptors (Lipinski definition) is 3. The van der Waals surface area contributed by atoms with E-state index in [1.54, 1.807) is 12.1 Å². The maximum atomic E-state index is 11.7. The van der Waals surface area contributed by atoms with Crippen LogP contribution in [0.3, 0.4) is 0 Å². The molecule has 0 spiro atoms. The van der Waals surface area contributed by atoms with Crippen LogP contribution in [0.25, 0.3) is 0 Å². The molecule has 1 saturated heterocycles. The highest BCUT2D eigenvalue weighted by molar-refractivity contribution is 6.15. The number of ketones is 1. The van der Waals surface area contributed by atoms with Crippen LogP contribution >= 0.6 is 0 Å². The van der Waals surface area contributed by atoms with E-state index in [9.17, 15) is 9.59 Å². The van der Waals surface area contributed by atoms with E-state index in [1.807, 2.05) is 42.5 Å². The molecule has 0 saturated carbocycles. The van der Waals surface area contributed by atoms with Gasteiger partial charge in [0.25, 0.3) is 0 Å². The van der Waals surface area contributed by atoms with Crippen molar-refractivity contribution in [1.82, 2.24) is 0 Å². The molecule has 20 heavy (non-hydrogen) atoms. The number of hydrogen-bond donors (Lipinski definition) is 0. The van der Waals surface area contributed by atoms with Gasteiger partial charge in [0.05, 0.1) is 13.0 Å². The van der Waals surface area contributed by atoms with E-state index < -0.39 is 0 Å². The van der Waals surface area contributed by atoms with E-state index in [0.717, 1.165) is 5.75 Å². The first kappa shape index (κ1) is 12.4. The van der Waals surface area contributed by atoms with E-state index in [2.05, 4.69) is 0 Å². The molecule has 0 bridgehead atoms. The Morgan fingerprint density at radius 2 is 1.65 bits per heavy atom. The number of ether oxygens (including phenoxy) is 1. The molecular formula is C16H13NO3. The van der Waals surface area contributed by atoms with Crippen LogP contribution in [0.15, 0.2) is 54.6 Å². The lowest BCUT2D eigenvalue weighted by Crippen LogP contribution is -2.24. The third kappa shape index (κ3) is 2.54. The van der Waals surface area contributed by atoms with Crippen LogP contribution in [0.2, 0.25) is 0 Å². The van der Waals surface area contributed by atoms with E-state index >= 15 is 0 Å². The highest BCUT2D eigenvalue weighted by atomic mass is 16.5. The standard InChI is InChI=1S/C16H13NO3/c18-13-10-16(19)17(11-13)12-5-4-8-15(9-12)20-14-6-2-1-3-7-14/h1-9H,10-11H2. The van der Waals surface area contributed by atoms with Gasteiger partial charge in [-0.25, -0.2) is 0 Å². The number of rotatable bonds is 3. The summed E-state index contributed by atoms with van der Waals surface area (Å²) in [7, 11) is 0. The van der Waals surface area contributed by atoms with Gasteiger partial charge in [0, 0.05) is 11.8 Å². The summed E-state index contributed by atoms with van der Waals surface area (Å²) in [5, 5.41) is 0. The van der Waals surface area contributed by atoms with Gasteiger partial charge in [0.15, 0.2) is 5.78 Å². The molecule has 0 unspecified atom stereocenters. The first-order valence-electron chi connectivity index (χ1n) is 6.37. The number of carbonyl (C=O) groups excluding carboxylic acids is 2. The van der Waals surface area contributed by atoms with Gasteiger partial charge in [-0.2, -0.15) is 0 Å². The molecule has 0 aromatic heterocycles. The number of carbonyl (C=O) groups is 2. The van der Waals surface area contributed by atoms with Gasteiger partial charge >= 0.3 is 0 Å². The lowest BCUT2D eigenvalue weighted by atomic mass is 10.2. The summed E-state index contributed by atoms with van der Waals surface area (Å²) >= 11 is 0. The Labute approximate surface area is 116 Å². The summed E-state index contributed by atoms with van der Waals surface area (Å²) in [6.07, 6.45) is -0.0101. The largest absolute Gasteiger partial charge is 0.457 e. The quantitative estimate of drug-likeness (QED) is 0.803. The van der Waals surface area contributed by atoms with Crippen molar-refractivity contribution in [3.05, 3.63) is 54.6 Å². The van der Waals surface area contributed by atoms with Crippen LogP contribution in [-0.2, 0) is 9.59 Å². The molecule has 0 radical (unpaired) electrons. The van der Waals surface area contributed by atoms with Gasteiger partial charge in [0.1, 0.15) is 11.5 Å². The van der Waals surface area contributed by atoms with Crippen LogP contribution in [0.1, 0.15) is 6.42 Å². The number of anilines is 1. The Morgan fingerprint density at radius 3 is 2.35 bits per heavy atom. The van der Waals surface area contributed by atoms with Crippen LogP contribution in [0.5, 0.6) is 11.5 Å². The zero-order chi connectivity index (χ0) is 13.9. The first-order chi connectivity index (χ1) is 9.72. The lowest BCUT2D eigenvalue weighted by Gasteiger charge is -2.15. The predicted octanol–water partition coefficient (Wildman–Crippen LogP) is 2.78. The Bertz CT molecular complexity index is 652. The van der Waals surface area contributed by atoms with Gasteiger partial charge in [-0.15, -0.1) is 0 Å². The Hall–Kier alpha value is -2.62. The molecule has 0 atom stereocenters. The van der Waals surface area contributed by atoms with E-state index in [-0.39, 0.29) is 24.7 Å². The fraction of sp³-hybridized carbons (Fsp3) is 0.125. The molecule has 1 aliphatic heterocycles. The molecule has 2 aromatic carbocycles. The van der Waals surface area contributed by atoms with Gasteiger partial charge < -0.3 is 9.64 Å². The SMILES string of the molecule is O=C1CC(=O)N(c2cccc(Oc3ccccc3)c2)C1. The molecule has 1 aliphatic rings. The molecular weight excluding hydrogens is 254 g/mol. The average Bonchev–Trinajstić information content (AvgIpc) is 2.79. The highest BCUT2D eigenvalue weighted by Gasteiger charge is 2.28. The van der Waals surface area contributed by atoms with Crippen molar-refractivity contribution in [2.75, 3.05) is 11.4 Å². The van der Waals surface area contributed by atoms with Gasteiger partial charge in [-0.3, -0.25) is 9.59 Å². The Kier molecular flexibility index (Phi) is 3.21. The van der Waals surface area contributed by atoms with Crippen LogP contribution in [-0.4, -0.2) is 18.2 Å². The highest BCUT2D eigenvalue weighted by Crippen LogP contribution is 2.27. The normalized spacial score (nSPS) is 14.7. The van der Waals surface area contributed by atoms with Gasteiger partial charge in [0.2, 0.25) is 5.91 Å². The summed E-state index contributed by atoms with van der Waals surface area (Å²) in [5.74, 6) is 1.16. The summed E-state index contributed by atoms with van der Waals surface area (Å²) in [6, 6.07) is 16.6. The zero-order valence-electron chi connectivity index (χ0n) is 10.8. The second kappa shape index (κ2) is 5.17. The van der Waals surface area contributed by atoms with Crippen molar-refractivity contribution in [3.8, 4) is 11.5 Å². The molecule has 0 aliphatic carbocycles. The summed E-state index contributed by atoms with van der Waals surface area (Å²) in [4.78, 5) is 24.5. The smallest absolute Gasteiger partial charge is 0.234 e. The molecule has 4 heteroatoms. The molecule has 1 heterocycles. The van der Waals surface area contributed by atoms with Gasteiger partial charge in [-0.05, 0) is 24.3 Å². The van der Waals surface area contributed by atoms with E-state index in [1.165, 1.54) is 4.90 Å². The monoisotopic (exact) mass is 267 g/mol. The minimum atomic E-state index is -0.160. The second-order valence-corrected chi connectivity index (χ2v) is 4.61. The number of nitrogens with zero attached hydrogens (tertiary/aromatic N) is 1. The number of para-hydroxylation sites is 1. The minimum absolute atomic E-state index is 0.0101. The minimum Gasteiger partial charge on any atom is -0.457 e. The molecule has 2 aromatic rings. The Morgan fingerprint density at radius 1 is 0.900 bits per heavy atom. The molecule has 3 rings (SSSR count). The third-order valence-electron chi connectivity index (χ3n) is 3.09. The maximum absolute atomic E-state index is 11.7. The van der Waals surface area contributed by atoms with Crippen LogP contribution < -0.4 is 9.64 Å². The molecule has 1 fully saturated rings. The van der Waals surface area contributed by atoms with E-state index in [0.29, 0.717) is 11.4 Å². The van der Waals surface area contributed by atoms with Crippen LogP contribution in [0.4, 0.5) is 5.69 Å². The summed E-state index contributed by atoms with van der Waals surface area (Å²) in [5.41, 5.74) is 0.689. The topological polar surface area (TPSA) is 46.6 Å². The fourth-order valence-corrected chi connectivity index (χ4v) is 2.16. The van der Waals surface area contributed by atoms with Crippen molar-refractivity contribution in [1.29, 1.82) is 0 Å². The van der Waals surface area contributed by atoms with E-state index in [4.69, 9.17) is 4.74 Å². The van der Waals surface area contributed by atoms with Crippen molar-refractivity contribution in [3.63, 3.8) is 0 Å². The summed E-state index contributed by atoms with van der Waals surface area (Å²) in [6.45, 7) is 0.146. The van der Waals surface area contributed by atoms with Gasteiger partial charge in [-0.1, -0.05) is 24.3 Å². The molecule has 0 N–H and O–H groups in total. The summed E-state index contributed by atoms with van der Waals surface area (Å²) < 4.78 is 5.72. The number of benzene rings is 2. The Balaban J connectivity index is 1.83. The molecule has 1 amide bonds. The molecule has 4 nitrogen and oxygen atoms in total. The number of amides is 1. The zero-order valence-corrected chi connectivity index (χ0v) is 10.8. The predicted molar refractivity (Wildman–Crippen MR) is 74.9 cm³/mol. The average molecular weight is 267 g/mol. The van der Waals surface area contributed by atoms with Crippen molar-refractivity contribution in [2.24, 2.45) is 0 Å². The molecule has 100 valence electrons. The number of Topliss-reactive ketones (excluding diaryl/α,β-unsaturated/α-hetero) is 1. The van der Waals surface area contributed by atoms with Crippen molar-refractivity contribution < 1.29 is 14.3 Å². The fourth-order valence-electron chi connectivity index (χ4n) is 2.16. The lowest BCUT2D eigenvalue weighted by molar-refractivity contribution is -0.121. The van der Waals surface area contributed by atoms with Crippen molar-refractivity contribution in [2.45, 2.75) is 6.42 Å². The third-order valence-corrected chi connectivity index (χ3v) is 3.09. The first-order valence-corrected chi connectivity index (χ1v) is 6.37. The maximum Gasteiger partial charge on any atom is 0.234 e. The van der Waals surface area contributed by atoms with Crippen molar-refractivity contribution >= 4 is 17.4 Å². The van der Waals surface area contributed by atoms with Crippen LogP contribution in [0, 0.1) is 0 Å². The second-order valence-electron chi connectivity index (χ2n) is 4.61.